The van der Waals surface area contributed by atoms with Crippen LogP contribution >= 0.6 is 0 Å². The second kappa shape index (κ2) is 6.97. The third kappa shape index (κ3) is 3.89. The first-order valence-corrected chi connectivity index (χ1v) is 7.43. The van der Waals surface area contributed by atoms with Crippen LogP contribution in [0.25, 0.3) is 11.1 Å². The number of benzene rings is 2. The molecule has 128 valence electrons. The lowest BCUT2D eigenvalue weighted by Crippen LogP contribution is -2.49. The maximum atomic E-state index is 14.3. The molecular formula is C18H20F2N2O2. The van der Waals surface area contributed by atoms with E-state index in [1.807, 2.05) is 0 Å². The summed E-state index contributed by atoms with van der Waals surface area (Å²) in [6.07, 6.45) is 0. The third-order valence-electron chi connectivity index (χ3n) is 3.66. The van der Waals surface area contributed by atoms with Crippen LogP contribution in [0.3, 0.4) is 0 Å². The van der Waals surface area contributed by atoms with Gasteiger partial charge in [0.05, 0.1) is 12.7 Å². The number of carbonyl (C=O) groups is 1. The molecule has 0 heterocycles. The maximum Gasteiger partial charge on any atom is 0.254 e. The highest BCUT2D eigenvalue weighted by molar-refractivity contribution is 5.95. The Labute approximate surface area is 139 Å². The van der Waals surface area contributed by atoms with Gasteiger partial charge in [-0.05, 0) is 43.7 Å². The number of amides is 1. The standard InChI is InChI=1S/C18H20F2N2O2/c1-18(2,10-21)22-17(23)14-6-4-11(8-15(14)19)13-7-5-12(24-3)9-16(13)20/h4-9H,10,21H2,1-3H3,(H,22,23). The number of carbonyl (C=O) groups excluding carboxylic acids is 1. The maximum absolute atomic E-state index is 14.3. The van der Waals surface area contributed by atoms with Gasteiger partial charge < -0.3 is 15.8 Å². The van der Waals surface area contributed by atoms with E-state index in [1.54, 1.807) is 19.9 Å². The van der Waals surface area contributed by atoms with Gasteiger partial charge >= 0.3 is 0 Å². The van der Waals surface area contributed by atoms with E-state index in [2.05, 4.69) is 5.32 Å². The van der Waals surface area contributed by atoms with Gasteiger partial charge in [-0.1, -0.05) is 6.07 Å². The summed E-state index contributed by atoms with van der Waals surface area (Å²) in [5, 5.41) is 2.65. The van der Waals surface area contributed by atoms with Crippen LogP contribution < -0.4 is 15.8 Å². The quantitative estimate of drug-likeness (QED) is 0.883. The van der Waals surface area contributed by atoms with Crippen LogP contribution in [0.1, 0.15) is 24.2 Å². The first kappa shape index (κ1) is 17.9. The number of ether oxygens (including phenoxy) is 1. The zero-order valence-corrected chi connectivity index (χ0v) is 13.8. The molecule has 0 bridgehead atoms. The number of methoxy groups -OCH3 is 1. The van der Waals surface area contributed by atoms with Crippen molar-refractivity contribution < 1.29 is 18.3 Å². The van der Waals surface area contributed by atoms with Gasteiger partial charge in [0.25, 0.3) is 5.91 Å². The second-order valence-corrected chi connectivity index (χ2v) is 6.08. The molecule has 2 aromatic rings. The number of nitrogens with two attached hydrogens (primary N) is 1. The summed E-state index contributed by atoms with van der Waals surface area (Å²) in [4.78, 5) is 12.1. The van der Waals surface area contributed by atoms with Crippen LogP contribution in [0.2, 0.25) is 0 Å². The fourth-order valence-corrected chi connectivity index (χ4v) is 2.15. The fraction of sp³-hybridized carbons (Fsp3) is 0.278. The molecular weight excluding hydrogens is 314 g/mol. The molecule has 2 aromatic carbocycles. The highest BCUT2D eigenvalue weighted by Crippen LogP contribution is 2.27. The van der Waals surface area contributed by atoms with E-state index in [-0.39, 0.29) is 17.7 Å². The molecule has 6 heteroatoms. The summed E-state index contributed by atoms with van der Waals surface area (Å²) in [5.41, 5.74) is 5.35. The number of nitrogens with one attached hydrogen (secondary N) is 1. The van der Waals surface area contributed by atoms with Crippen molar-refractivity contribution in [2.45, 2.75) is 19.4 Å². The monoisotopic (exact) mass is 334 g/mol. The number of hydrogen-bond donors (Lipinski definition) is 2. The Bertz CT molecular complexity index is 761. The van der Waals surface area contributed by atoms with Gasteiger partial charge in [-0.15, -0.1) is 0 Å². The predicted octanol–water partition coefficient (Wildman–Crippen LogP) is 3.11. The summed E-state index contributed by atoms with van der Waals surface area (Å²) in [5.74, 6) is -1.45. The van der Waals surface area contributed by atoms with E-state index in [1.165, 1.54) is 31.4 Å². The summed E-state index contributed by atoms with van der Waals surface area (Å²) in [6.45, 7) is 3.70. The average molecular weight is 334 g/mol. The number of halogens is 2. The third-order valence-corrected chi connectivity index (χ3v) is 3.66. The van der Waals surface area contributed by atoms with E-state index in [0.29, 0.717) is 11.3 Å². The number of hydrogen-bond acceptors (Lipinski definition) is 3. The summed E-state index contributed by atoms with van der Waals surface area (Å²) in [6, 6.07) is 8.27. The average Bonchev–Trinajstić information content (AvgIpc) is 2.54. The molecule has 0 saturated carbocycles. The van der Waals surface area contributed by atoms with Gasteiger partial charge in [0.1, 0.15) is 17.4 Å². The smallest absolute Gasteiger partial charge is 0.254 e. The van der Waals surface area contributed by atoms with Crippen molar-refractivity contribution in [1.82, 2.24) is 5.32 Å². The lowest BCUT2D eigenvalue weighted by Gasteiger charge is -2.24. The molecule has 3 N–H and O–H groups in total. The van der Waals surface area contributed by atoms with Gasteiger partial charge in [-0.3, -0.25) is 4.79 Å². The molecule has 0 spiro atoms. The van der Waals surface area contributed by atoms with E-state index in [0.717, 1.165) is 6.07 Å². The van der Waals surface area contributed by atoms with Crippen molar-refractivity contribution in [3.05, 3.63) is 53.6 Å². The second-order valence-electron chi connectivity index (χ2n) is 6.08. The molecule has 0 aliphatic carbocycles. The fourth-order valence-electron chi connectivity index (χ4n) is 2.15. The minimum Gasteiger partial charge on any atom is -0.497 e. The Morgan fingerprint density at radius 2 is 1.88 bits per heavy atom. The van der Waals surface area contributed by atoms with E-state index < -0.39 is 23.1 Å². The molecule has 0 atom stereocenters. The van der Waals surface area contributed by atoms with Crippen molar-refractivity contribution in [2.24, 2.45) is 5.73 Å². The van der Waals surface area contributed by atoms with E-state index in [9.17, 15) is 13.6 Å². The SMILES string of the molecule is COc1ccc(-c2ccc(C(=O)NC(C)(C)CN)c(F)c2)c(F)c1. The zero-order chi connectivity index (χ0) is 17.9. The highest BCUT2D eigenvalue weighted by atomic mass is 19.1. The van der Waals surface area contributed by atoms with Crippen molar-refractivity contribution in [3.8, 4) is 16.9 Å². The lowest BCUT2D eigenvalue weighted by atomic mass is 10.0. The molecule has 0 aliphatic rings. The Hall–Kier alpha value is -2.47. The van der Waals surface area contributed by atoms with Gasteiger partial charge in [0.2, 0.25) is 0 Å². The Morgan fingerprint density at radius 3 is 2.42 bits per heavy atom. The van der Waals surface area contributed by atoms with Crippen molar-refractivity contribution >= 4 is 5.91 Å². The molecule has 1 amide bonds. The minimum atomic E-state index is -0.729. The topological polar surface area (TPSA) is 64.3 Å². The van der Waals surface area contributed by atoms with Gasteiger partial charge in [0.15, 0.2) is 0 Å². The van der Waals surface area contributed by atoms with E-state index in [4.69, 9.17) is 10.5 Å². The Kier molecular flexibility index (Phi) is 5.19. The largest absolute Gasteiger partial charge is 0.497 e. The molecule has 2 rings (SSSR count). The highest BCUT2D eigenvalue weighted by Gasteiger charge is 2.21. The molecule has 0 radical (unpaired) electrons. The van der Waals surface area contributed by atoms with Crippen LogP contribution in [0, 0.1) is 11.6 Å². The molecule has 0 aromatic heterocycles. The van der Waals surface area contributed by atoms with Gasteiger partial charge in [-0.25, -0.2) is 8.78 Å². The van der Waals surface area contributed by atoms with Crippen LogP contribution in [0.5, 0.6) is 5.75 Å². The normalized spacial score (nSPS) is 11.2. The first-order chi connectivity index (χ1) is 11.3. The van der Waals surface area contributed by atoms with Gasteiger partial charge in [0, 0.05) is 23.7 Å². The molecule has 24 heavy (non-hydrogen) atoms. The molecule has 0 saturated heterocycles. The molecule has 0 aliphatic heterocycles. The van der Waals surface area contributed by atoms with Gasteiger partial charge in [-0.2, -0.15) is 0 Å². The zero-order valence-electron chi connectivity index (χ0n) is 13.8. The Balaban J connectivity index is 2.32. The van der Waals surface area contributed by atoms with Crippen LogP contribution in [-0.2, 0) is 0 Å². The minimum absolute atomic E-state index is 0.116. The van der Waals surface area contributed by atoms with Crippen molar-refractivity contribution in [2.75, 3.05) is 13.7 Å². The Morgan fingerprint density at radius 1 is 1.17 bits per heavy atom. The molecule has 4 nitrogen and oxygen atoms in total. The van der Waals surface area contributed by atoms with Crippen LogP contribution in [0.15, 0.2) is 36.4 Å². The number of rotatable bonds is 5. The molecule has 0 unspecified atom stereocenters. The summed E-state index contributed by atoms with van der Waals surface area (Å²) < 4.78 is 33.3. The summed E-state index contributed by atoms with van der Waals surface area (Å²) in [7, 11) is 1.43. The first-order valence-electron chi connectivity index (χ1n) is 7.43. The lowest BCUT2D eigenvalue weighted by molar-refractivity contribution is 0.0911. The van der Waals surface area contributed by atoms with Crippen LogP contribution in [0.4, 0.5) is 8.78 Å². The van der Waals surface area contributed by atoms with Crippen molar-refractivity contribution in [3.63, 3.8) is 0 Å². The summed E-state index contributed by atoms with van der Waals surface area (Å²) >= 11 is 0. The van der Waals surface area contributed by atoms with E-state index >= 15 is 0 Å². The van der Waals surface area contributed by atoms with Crippen LogP contribution in [-0.4, -0.2) is 25.1 Å². The predicted molar refractivity (Wildman–Crippen MR) is 88.9 cm³/mol. The molecule has 0 fully saturated rings. The van der Waals surface area contributed by atoms with Crippen molar-refractivity contribution in [1.29, 1.82) is 0 Å².